The van der Waals surface area contributed by atoms with E-state index in [-0.39, 0.29) is 18.1 Å². The van der Waals surface area contributed by atoms with Crippen LogP contribution in [-0.4, -0.2) is 13.3 Å². The van der Waals surface area contributed by atoms with Crippen molar-refractivity contribution in [3.05, 3.63) is 34.9 Å². The van der Waals surface area contributed by atoms with E-state index in [1.54, 1.807) is 0 Å². The van der Waals surface area contributed by atoms with Crippen LogP contribution in [0.5, 0.6) is 0 Å². The first kappa shape index (κ1) is 15.3. The van der Waals surface area contributed by atoms with Gasteiger partial charge in [-0.15, -0.1) is 0 Å². The summed E-state index contributed by atoms with van der Waals surface area (Å²) in [5.74, 6) is 0. The molecule has 0 aliphatic rings. The van der Waals surface area contributed by atoms with Crippen molar-refractivity contribution in [2.45, 2.75) is 18.8 Å². The first-order valence-corrected chi connectivity index (χ1v) is 4.98. The maximum absolute atomic E-state index is 12.7. The number of alkyl halides is 6. The van der Waals surface area contributed by atoms with Crippen LogP contribution in [0.25, 0.3) is 0 Å². The Kier molecular flexibility index (Phi) is 4.43. The summed E-state index contributed by atoms with van der Waals surface area (Å²) in [6, 6.07) is 1.48. The molecule has 0 aromatic heterocycles. The van der Waals surface area contributed by atoms with Crippen LogP contribution in [0.3, 0.4) is 0 Å². The van der Waals surface area contributed by atoms with Gasteiger partial charge in [-0.1, -0.05) is 11.2 Å². The van der Waals surface area contributed by atoms with Crippen molar-refractivity contribution in [1.29, 1.82) is 0 Å². The number of hydrogen-bond donors (Lipinski definition) is 0. The summed E-state index contributed by atoms with van der Waals surface area (Å²) in [5, 5.41) is 3.25. The van der Waals surface area contributed by atoms with Crippen LogP contribution in [0, 0.1) is 0 Å². The fourth-order valence-corrected chi connectivity index (χ4v) is 1.40. The predicted molar refractivity (Wildman–Crippen MR) is 55.7 cm³/mol. The smallest absolute Gasteiger partial charge is 0.399 e. The lowest BCUT2D eigenvalue weighted by Crippen LogP contribution is -2.13. The molecule has 0 amide bonds. The van der Waals surface area contributed by atoms with E-state index >= 15 is 0 Å². The van der Waals surface area contributed by atoms with Gasteiger partial charge < -0.3 is 4.84 Å². The number of oxime groups is 1. The Morgan fingerprint density at radius 1 is 1.11 bits per heavy atom. The molecule has 0 aliphatic carbocycles. The highest BCUT2D eigenvalue weighted by molar-refractivity contribution is 5.62. The van der Waals surface area contributed by atoms with Gasteiger partial charge in [-0.05, 0) is 17.7 Å². The molecule has 0 bridgehead atoms. The molecule has 2 nitrogen and oxygen atoms in total. The molecule has 19 heavy (non-hydrogen) atoms. The number of nitrogens with zero attached hydrogens (tertiary/aromatic N) is 1. The Bertz CT molecular complexity index is 463. The summed E-state index contributed by atoms with van der Waals surface area (Å²) in [7, 11) is 1.20. The van der Waals surface area contributed by atoms with Crippen molar-refractivity contribution >= 4 is 6.21 Å². The third-order valence-electron chi connectivity index (χ3n) is 2.23. The largest absolute Gasteiger partial charge is 0.416 e. The average Bonchev–Trinajstić information content (AvgIpc) is 2.27. The summed E-state index contributed by atoms with van der Waals surface area (Å²) in [5.41, 5.74) is -2.97. The molecule has 0 spiro atoms. The molecule has 0 unspecified atom stereocenters. The summed E-state index contributed by atoms with van der Waals surface area (Å²) in [6.07, 6.45) is -8.92. The van der Waals surface area contributed by atoms with Crippen molar-refractivity contribution < 1.29 is 31.2 Å². The molecule has 8 heteroatoms. The van der Waals surface area contributed by atoms with Crippen LogP contribution in [0.1, 0.15) is 16.7 Å². The lowest BCUT2D eigenvalue weighted by atomic mass is 10.0. The Hall–Kier alpha value is -1.73. The predicted octanol–water partition coefficient (Wildman–Crippen LogP) is 3.90. The highest BCUT2D eigenvalue weighted by Gasteiger charge is 2.37. The molecule has 0 saturated carbocycles. The Morgan fingerprint density at radius 3 is 2.21 bits per heavy atom. The quantitative estimate of drug-likeness (QED) is 0.469. The van der Waals surface area contributed by atoms with Crippen molar-refractivity contribution in [2.75, 3.05) is 7.11 Å². The van der Waals surface area contributed by atoms with E-state index in [1.165, 1.54) is 7.11 Å². The first-order valence-electron chi connectivity index (χ1n) is 4.98. The molecule has 1 rings (SSSR count). The fourth-order valence-electron chi connectivity index (χ4n) is 1.40. The van der Waals surface area contributed by atoms with Crippen molar-refractivity contribution in [1.82, 2.24) is 0 Å². The van der Waals surface area contributed by atoms with E-state index in [4.69, 9.17) is 0 Å². The Morgan fingerprint density at radius 2 is 1.74 bits per heavy atom. The summed E-state index contributed by atoms with van der Waals surface area (Å²) < 4.78 is 75.2. The van der Waals surface area contributed by atoms with Gasteiger partial charge in [0.25, 0.3) is 0 Å². The van der Waals surface area contributed by atoms with E-state index in [2.05, 4.69) is 9.99 Å². The van der Waals surface area contributed by atoms with Gasteiger partial charge in [-0.3, -0.25) is 0 Å². The number of hydrogen-bond acceptors (Lipinski definition) is 2. The topological polar surface area (TPSA) is 21.6 Å². The zero-order valence-corrected chi connectivity index (χ0v) is 9.64. The monoisotopic (exact) mass is 285 g/mol. The van der Waals surface area contributed by atoms with E-state index in [0.29, 0.717) is 6.07 Å². The fraction of sp³-hybridized carbons (Fsp3) is 0.364. The standard InChI is InChI=1S/C11H9F6NO/c1-19-18-5-4-7-2-3-8(10(12,13)14)6-9(7)11(15,16)17/h2-3,5-6H,4H2,1H3. The average molecular weight is 285 g/mol. The molecule has 0 saturated heterocycles. The maximum Gasteiger partial charge on any atom is 0.416 e. The lowest BCUT2D eigenvalue weighted by Gasteiger charge is -2.14. The minimum atomic E-state index is -4.86. The van der Waals surface area contributed by atoms with E-state index < -0.39 is 23.5 Å². The highest BCUT2D eigenvalue weighted by Crippen LogP contribution is 2.37. The molecule has 106 valence electrons. The molecule has 0 fully saturated rings. The van der Waals surface area contributed by atoms with Crippen molar-refractivity contribution in [2.24, 2.45) is 5.16 Å². The van der Waals surface area contributed by atoms with Crippen LogP contribution >= 0.6 is 0 Å². The van der Waals surface area contributed by atoms with Crippen LogP contribution in [0.2, 0.25) is 0 Å². The van der Waals surface area contributed by atoms with Gasteiger partial charge in [-0.2, -0.15) is 26.3 Å². The third-order valence-corrected chi connectivity index (χ3v) is 2.23. The third kappa shape index (κ3) is 4.15. The summed E-state index contributed by atoms with van der Waals surface area (Å²) in [6.45, 7) is 0. The SMILES string of the molecule is CON=CCc1ccc(C(F)(F)F)cc1C(F)(F)F. The molecule has 0 N–H and O–H groups in total. The number of halogens is 6. The van der Waals surface area contributed by atoms with Gasteiger partial charge in [0.05, 0.1) is 11.1 Å². The second-order valence-electron chi connectivity index (χ2n) is 3.54. The number of benzene rings is 1. The van der Waals surface area contributed by atoms with Gasteiger partial charge in [0, 0.05) is 12.6 Å². The Labute approximate surface area is 104 Å². The molecular formula is C11H9F6NO. The maximum atomic E-state index is 12.7. The first-order chi connectivity index (χ1) is 8.66. The van der Waals surface area contributed by atoms with Gasteiger partial charge in [-0.25, -0.2) is 0 Å². The normalized spacial score (nSPS) is 13.0. The molecule has 1 aromatic carbocycles. The molecule has 0 atom stereocenters. The summed E-state index contributed by atoms with van der Waals surface area (Å²) >= 11 is 0. The molecular weight excluding hydrogens is 276 g/mol. The minimum absolute atomic E-state index is 0.0932. The van der Waals surface area contributed by atoms with Crippen LogP contribution in [-0.2, 0) is 23.6 Å². The van der Waals surface area contributed by atoms with Crippen LogP contribution in [0.4, 0.5) is 26.3 Å². The van der Waals surface area contributed by atoms with Crippen molar-refractivity contribution in [3.8, 4) is 0 Å². The number of rotatable bonds is 3. The van der Waals surface area contributed by atoms with Gasteiger partial charge in [0.2, 0.25) is 0 Å². The van der Waals surface area contributed by atoms with E-state index in [0.717, 1.165) is 12.3 Å². The van der Waals surface area contributed by atoms with Crippen LogP contribution in [0.15, 0.2) is 23.4 Å². The van der Waals surface area contributed by atoms with Gasteiger partial charge in [0.1, 0.15) is 7.11 Å². The zero-order valence-electron chi connectivity index (χ0n) is 9.64. The molecule has 0 heterocycles. The van der Waals surface area contributed by atoms with Gasteiger partial charge >= 0.3 is 12.4 Å². The lowest BCUT2D eigenvalue weighted by molar-refractivity contribution is -0.143. The second-order valence-corrected chi connectivity index (χ2v) is 3.54. The molecule has 1 aromatic rings. The highest BCUT2D eigenvalue weighted by atomic mass is 19.4. The second kappa shape index (κ2) is 5.50. The summed E-state index contributed by atoms with van der Waals surface area (Å²) in [4.78, 5) is 4.28. The molecule has 0 aliphatic heterocycles. The van der Waals surface area contributed by atoms with E-state index in [9.17, 15) is 26.3 Å². The zero-order chi connectivity index (χ0) is 14.7. The van der Waals surface area contributed by atoms with Gasteiger partial charge in [0.15, 0.2) is 0 Å². The Balaban J connectivity index is 3.22. The van der Waals surface area contributed by atoms with Crippen LogP contribution < -0.4 is 0 Å². The minimum Gasteiger partial charge on any atom is -0.399 e. The van der Waals surface area contributed by atoms with Crippen molar-refractivity contribution in [3.63, 3.8) is 0 Å². The molecule has 0 radical (unpaired) electrons. The van der Waals surface area contributed by atoms with E-state index in [1.807, 2.05) is 0 Å².